The summed E-state index contributed by atoms with van der Waals surface area (Å²) in [5, 5.41) is 20.4. The molecule has 2 aliphatic rings. The van der Waals surface area contributed by atoms with Gasteiger partial charge in [0.05, 0.1) is 47.9 Å². The number of Topliss-reactive ketones (excluding diaryl/α,β-unsaturated/α-hetero) is 2. The summed E-state index contributed by atoms with van der Waals surface area (Å²) in [6.07, 6.45) is 1.18. The molecule has 6 aromatic rings. The number of anilines is 2. The van der Waals surface area contributed by atoms with Gasteiger partial charge in [-0.1, -0.05) is 90.8 Å². The Balaban J connectivity index is 0.861. The van der Waals surface area contributed by atoms with Crippen molar-refractivity contribution in [3.63, 3.8) is 0 Å². The van der Waals surface area contributed by atoms with Crippen molar-refractivity contribution in [2.24, 2.45) is 5.92 Å². The van der Waals surface area contributed by atoms with Gasteiger partial charge in [0.15, 0.2) is 18.2 Å². The minimum absolute atomic E-state index is 0.0168. The van der Waals surface area contributed by atoms with Crippen LogP contribution in [0.5, 0.6) is 0 Å². The van der Waals surface area contributed by atoms with Crippen LogP contribution in [0.1, 0.15) is 101 Å². The molecule has 444 valence electrons. The summed E-state index contributed by atoms with van der Waals surface area (Å²) in [6.45, 7) is 4.99. The molecule has 0 aromatic heterocycles. The summed E-state index contributed by atoms with van der Waals surface area (Å²) in [6, 6.07) is 40.5. The number of rotatable bonds is 26. The molecule has 17 heteroatoms. The van der Waals surface area contributed by atoms with Gasteiger partial charge in [0, 0.05) is 79.1 Å². The first-order valence-corrected chi connectivity index (χ1v) is 28.4. The van der Waals surface area contributed by atoms with E-state index in [9.17, 15) is 38.7 Å². The van der Waals surface area contributed by atoms with E-state index in [1.807, 2.05) is 136 Å². The molecule has 0 bridgehead atoms. The van der Waals surface area contributed by atoms with Crippen molar-refractivity contribution in [1.82, 2.24) is 15.2 Å². The number of unbranched alkanes of at least 4 members (excludes halogenated alkanes) is 2. The van der Waals surface area contributed by atoms with Gasteiger partial charge in [-0.3, -0.25) is 24.0 Å². The predicted octanol–water partition coefficient (Wildman–Crippen LogP) is 10.6. The third-order valence-corrected chi connectivity index (χ3v) is 14.9. The van der Waals surface area contributed by atoms with Gasteiger partial charge < -0.3 is 39.8 Å². The summed E-state index contributed by atoms with van der Waals surface area (Å²) in [7, 11) is 7.69. The van der Waals surface area contributed by atoms with Gasteiger partial charge in [-0.05, 0) is 116 Å². The predicted molar refractivity (Wildman–Crippen MR) is 329 cm³/mol. The van der Waals surface area contributed by atoms with Crippen LogP contribution in [0.15, 0.2) is 150 Å². The lowest BCUT2D eigenvalue weighted by molar-refractivity contribution is -0.133. The van der Waals surface area contributed by atoms with E-state index in [0.29, 0.717) is 74.9 Å². The fraction of sp³-hybridized carbons (Fsp3) is 0.275. The van der Waals surface area contributed by atoms with Gasteiger partial charge in [-0.25, -0.2) is 18.6 Å². The molecule has 1 aliphatic heterocycles. The molecule has 1 heterocycles. The van der Waals surface area contributed by atoms with Crippen LogP contribution in [0, 0.1) is 32.5 Å². The normalized spacial score (nSPS) is 11.8. The number of hydrogen-bond acceptors (Lipinski definition) is 11. The number of carbonyl (C=O) groups excluding carboxylic acids is 6. The number of aryl methyl sites for hydroxylation is 3. The van der Waals surface area contributed by atoms with Crippen molar-refractivity contribution in [1.29, 1.82) is 0 Å². The lowest BCUT2D eigenvalue weighted by atomic mass is 9.89. The van der Waals surface area contributed by atoms with Crippen molar-refractivity contribution >= 4 is 63.6 Å². The van der Waals surface area contributed by atoms with Crippen LogP contribution >= 0.6 is 0 Å². The van der Waals surface area contributed by atoms with Gasteiger partial charge in [-0.15, -0.1) is 0 Å². The molecule has 0 unspecified atom stereocenters. The Labute approximate surface area is 499 Å². The monoisotopic (exact) mass is 1160 g/mol. The number of carboxylic acids is 1. The van der Waals surface area contributed by atoms with E-state index in [1.165, 1.54) is 18.2 Å². The molecule has 0 saturated carbocycles. The zero-order chi connectivity index (χ0) is 61.6. The number of carboxylic acid groups (broad SMARTS) is 1. The Hall–Kier alpha value is -9.61. The number of aromatic carboxylic acids is 1. The molecule has 6 aromatic carbocycles. The largest absolute Gasteiger partial charge is 0.478 e. The molecular weight excluding hydrogens is 1090 g/mol. The first kappa shape index (κ1) is 62.4. The number of ketones is 2. The van der Waals surface area contributed by atoms with Gasteiger partial charge in [0.2, 0.25) is 11.3 Å². The van der Waals surface area contributed by atoms with E-state index in [0.717, 1.165) is 28.2 Å². The SMILES string of the molecule is Cc1cccc(C[C@H](NC(=O)c2ccc(NC(=O)CCCCCNC(=O)c3ccc(-c4c5ccc(=[N+](C)C)cc-5oc5cc(N(C)C)ccc45)c(C(=O)O)c3)cc2F)C(=O)C[C@@H](COCc2ccccc2)C(=O)COC(=O)c2c(C)cccc2C)c1. The minimum Gasteiger partial charge on any atom is -0.478 e. The zero-order valence-corrected chi connectivity index (χ0v) is 49.4. The minimum atomic E-state index is -1.22. The number of ether oxygens (including phenoxy) is 2. The fourth-order valence-electron chi connectivity index (χ4n) is 10.2. The van der Waals surface area contributed by atoms with Crippen molar-refractivity contribution in [2.75, 3.05) is 58.2 Å². The molecule has 0 saturated heterocycles. The number of nitrogens with one attached hydrogen (secondary N) is 3. The van der Waals surface area contributed by atoms with E-state index in [-0.39, 0.29) is 55.0 Å². The van der Waals surface area contributed by atoms with Crippen LogP contribution in [0.4, 0.5) is 15.8 Å². The van der Waals surface area contributed by atoms with E-state index in [4.69, 9.17) is 13.9 Å². The topological polar surface area (TPSA) is 214 Å². The first-order chi connectivity index (χ1) is 41.2. The number of benzene rings is 7. The van der Waals surface area contributed by atoms with E-state index < -0.39 is 72.0 Å². The number of carbonyl (C=O) groups is 7. The molecule has 0 fully saturated rings. The Kier molecular flexibility index (Phi) is 20.9. The maximum atomic E-state index is 15.9. The molecule has 8 rings (SSSR count). The lowest BCUT2D eigenvalue weighted by Gasteiger charge is -2.22. The Morgan fingerprint density at radius 3 is 2.15 bits per heavy atom. The quantitative estimate of drug-likeness (QED) is 0.0173. The number of hydrogen-bond donors (Lipinski definition) is 4. The number of fused-ring (bicyclic) bond motifs is 2. The Morgan fingerprint density at radius 2 is 1.44 bits per heavy atom. The van der Waals surface area contributed by atoms with Crippen LogP contribution in [-0.2, 0) is 36.9 Å². The fourth-order valence-corrected chi connectivity index (χ4v) is 10.2. The second kappa shape index (κ2) is 28.8. The van der Waals surface area contributed by atoms with E-state index in [1.54, 1.807) is 44.2 Å². The van der Waals surface area contributed by atoms with Crippen molar-refractivity contribution < 1.29 is 56.9 Å². The van der Waals surface area contributed by atoms with Crippen molar-refractivity contribution in [3.05, 3.63) is 207 Å². The average molecular weight is 1170 g/mol. The highest BCUT2D eigenvalue weighted by molar-refractivity contribution is 6.09. The van der Waals surface area contributed by atoms with Crippen molar-refractivity contribution in [2.45, 2.75) is 71.9 Å². The molecule has 86 heavy (non-hydrogen) atoms. The lowest BCUT2D eigenvalue weighted by Crippen LogP contribution is -2.44. The summed E-state index contributed by atoms with van der Waals surface area (Å²) in [5.74, 6) is -6.18. The molecule has 16 nitrogen and oxygen atoms in total. The van der Waals surface area contributed by atoms with Crippen LogP contribution in [0.3, 0.4) is 0 Å². The standard InChI is InChI=1S/C69H70FN5O11/c1-42-16-14-21-46(32-42)33-58(59(76)35-48(40-84-39-45-19-10-8-11-20-45)60(77)41-85-69(83)64-43(2)17-15-18-44(64)3)73-67(80)53-28-24-49(36-57(53)70)72-63(78)22-12-9-13-31-71-66(79)47-23-27-52(56(34-47)68(81)82)65-54-29-25-50(74(4)5)37-61(54)86-62-38-51(75(6)7)26-30-55(62)65/h8,10-11,14-21,23-30,32,34,36-38,48,58H,9,12-13,22,31,33,35,39-41H2,1-7H3,(H3-,71,72,73,78,79,80,81,82)/p+1/t48-,58-/m0/s1. The smallest absolute Gasteiger partial charge is 0.339 e. The van der Waals surface area contributed by atoms with Crippen LogP contribution < -0.4 is 30.8 Å². The van der Waals surface area contributed by atoms with Crippen molar-refractivity contribution in [3.8, 4) is 22.5 Å². The Morgan fingerprint density at radius 1 is 0.709 bits per heavy atom. The molecule has 2 atom stereocenters. The maximum absolute atomic E-state index is 15.9. The average Bonchev–Trinajstić information content (AvgIpc) is 2.36. The van der Waals surface area contributed by atoms with Crippen LogP contribution in [0.25, 0.3) is 33.4 Å². The summed E-state index contributed by atoms with van der Waals surface area (Å²) in [5.41, 5.74) is 7.26. The molecule has 0 radical (unpaired) electrons. The molecule has 0 spiro atoms. The van der Waals surface area contributed by atoms with Gasteiger partial charge in [0.25, 0.3) is 11.8 Å². The highest BCUT2D eigenvalue weighted by Crippen LogP contribution is 2.42. The third kappa shape index (κ3) is 16.0. The maximum Gasteiger partial charge on any atom is 0.339 e. The third-order valence-electron chi connectivity index (χ3n) is 14.9. The summed E-state index contributed by atoms with van der Waals surface area (Å²) in [4.78, 5) is 96.6. The molecule has 3 amide bonds. The van der Waals surface area contributed by atoms with E-state index in [2.05, 4.69) is 16.0 Å². The first-order valence-electron chi connectivity index (χ1n) is 28.4. The number of esters is 1. The second-order valence-electron chi connectivity index (χ2n) is 21.9. The zero-order valence-electron chi connectivity index (χ0n) is 49.4. The summed E-state index contributed by atoms with van der Waals surface area (Å²) < 4.78 is 35.7. The molecule has 4 N–H and O–H groups in total. The Bertz CT molecular complexity index is 3870. The van der Waals surface area contributed by atoms with Crippen LogP contribution in [0.2, 0.25) is 0 Å². The van der Waals surface area contributed by atoms with Crippen LogP contribution in [-0.4, -0.2) is 100 Å². The number of amides is 3. The number of halogens is 1. The van der Waals surface area contributed by atoms with Gasteiger partial charge in [-0.2, -0.15) is 0 Å². The van der Waals surface area contributed by atoms with Gasteiger partial charge >= 0.3 is 11.9 Å². The molecule has 1 aliphatic carbocycles. The highest BCUT2D eigenvalue weighted by Gasteiger charge is 2.31. The van der Waals surface area contributed by atoms with E-state index >= 15 is 4.39 Å². The summed E-state index contributed by atoms with van der Waals surface area (Å²) >= 11 is 0. The van der Waals surface area contributed by atoms with Gasteiger partial charge in [0.1, 0.15) is 31.3 Å². The molecular formula is C69H71FN5O11+. The second-order valence-corrected chi connectivity index (χ2v) is 21.9. The highest BCUT2D eigenvalue weighted by atomic mass is 19.1. The number of nitrogens with zero attached hydrogens (tertiary/aromatic N) is 2.